The maximum Gasteiger partial charge on any atom is 0.311 e. The summed E-state index contributed by atoms with van der Waals surface area (Å²) < 4.78 is 24.2. The lowest BCUT2D eigenvalue weighted by atomic mass is 10.1. The van der Waals surface area contributed by atoms with E-state index in [9.17, 15) is 18.8 Å². The van der Waals surface area contributed by atoms with Crippen molar-refractivity contribution in [2.24, 2.45) is 5.92 Å². The molecule has 28 heavy (non-hydrogen) atoms. The number of halogens is 1. The number of nitrogens with zero attached hydrogens (tertiary/aromatic N) is 1. The van der Waals surface area contributed by atoms with Crippen molar-refractivity contribution in [2.75, 3.05) is 18.6 Å². The monoisotopic (exact) mass is 385 g/mol. The highest BCUT2D eigenvalue weighted by molar-refractivity contribution is 5.99. The van der Waals surface area contributed by atoms with Crippen molar-refractivity contribution in [1.82, 2.24) is 0 Å². The Kier molecular flexibility index (Phi) is 5.73. The molecule has 2 aromatic carbocycles. The van der Waals surface area contributed by atoms with Crippen LogP contribution in [0.25, 0.3) is 0 Å². The molecule has 0 radical (unpaired) electrons. The van der Waals surface area contributed by atoms with Gasteiger partial charge in [-0.2, -0.15) is 0 Å². The number of ether oxygens (including phenoxy) is 2. The van der Waals surface area contributed by atoms with E-state index in [1.807, 2.05) is 6.07 Å². The lowest BCUT2D eigenvalue weighted by Gasteiger charge is -2.17. The molecule has 1 fully saturated rings. The molecule has 0 unspecified atom stereocenters. The zero-order chi connectivity index (χ0) is 20.3. The second-order valence-electron chi connectivity index (χ2n) is 6.58. The standard InChI is InChI=1S/C21H20FNO5/c1-13(24)18-7-6-17(10-19(18)22)28-12-14-4-3-5-16(8-14)23-11-15(9-20(23)25)21(26)27-2/h3-8,10,15H,9,11-12H2,1-2H3/t15-/m1/s1. The molecule has 6 nitrogen and oxygen atoms in total. The summed E-state index contributed by atoms with van der Waals surface area (Å²) in [6.45, 7) is 1.73. The van der Waals surface area contributed by atoms with E-state index in [1.54, 1.807) is 23.1 Å². The third-order valence-corrected chi connectivity index (χ3v) is 4.61. The van der Waals surface area contributed by atoms with E-state index in [0.29, 0.717) is 11.4 Å². The molecule has 1 heterocycles. The molecule has 1 saturated heterocycles. The van der Waals surface area contributed by atoms with Crippen LogP contribution in [0.2, 0.25) is 0 Å². The van der Waals surface area contributed by atoms with Crippen molar-refractivity contribution in [3.8, 4) is 5.75 Å². The number of anilines is 1. The SMILES string of the molecule is COC(=O)[C@@H]1CC(=O)N(c2cccc(COc3ccc(C(C)=O)c(F)c3)c2)C1. The number of Topliss-reactive ketones (excluding diaryl/α,β-unsaturated/α-hetero) is 1. The van der Waals surface area contributed by atoms with Gasteiger partial charge in [0.2, 0.25) is 5.91 Å². The van der Waals surface area contributed by atoms with Gasteiger partial charge < -0.3 is 14.4 Å². The van der Waals surface area contributed by atoms with Gasteiger partial charge in [0.05, 0.1) is 18.6 Å². The van der Waals surface area contributed by atoms with Crippen LogP contribution in [0.1, 0.15) is 29.3 Å². The molecule has 7 heteroatoms. The minimum absolute atomic E-state index is 0.0158. The largest absolute Gasteiger partial charge is 0.489 e. The normalized spacial score (nSPS) is 16.2. The van der Waals surface area contributed by atoms with Crippen molar-refractivity contribution >= 4 is 23.3 Å². The Hall–Kier alpha value is -3.22. The van der Waals surface area contributed by atoms with Gasteiger partial charge in [-0.1, -0.05) is 12.1 Å². The van der Waals surface area contributed by atoms with Gasteiger partial charge in [0.1, 0.15) is 18.2 Å². The van der Waals surface area contributed by atoms with Gasteiger partial charge in [-0.05, 0) is 36.8 Å². The maximum atomic E-state index is 13.9. The number of benzene rings is 2. The van der Waals surface area contributed by atoms with E-state index in [-0.39, 0.29) is 36.8 Å². The molecular formula is C21H20FNO5. The Balaban J connectivity index is 1.69. The number of rotatable bonds is 6. The Morgan fingerprint density at radius 1 is 1.21 bits per heavy atom. The molecule has 3 rings (SSSR count). The Morgan fingerprint density at radius 2 is 2.00 bits per heavy atom. The van der Waals surface area contributed by atoms with Crippen molar-refractivity contribution in [3.05, 3.63) is 59.4 Å². The van der Waals surface area contributed by atoms with Crippen LogP contribution >= 0.6 is 0 Å². The molecule has 1 aliphatic heterocycles. The maximum absolute atomic E-state index is 13.9. The first-order valence-corrected chi connectivity index (χ1v) is 8.79. The summed E-state index contributed by atoms with van der Waals surface area (Å²) in [4.78, 5) is 36.8. The highest BCUT2D eigenvalue weighted by Crippen LogP contribution is 2.27. The summed E-state index contributed by atoms with van der Waals surface area (Å²) in [5.41, 5.74) is 1.46. The number of carbonyl (C=O) groups excluding carboxylic acids is 3. The average molecular weight is 385 g/mol. The number of ketones is 1. The summed E-state index contributed by atoms with van der Waals surface area (Å²) in [6.07, 6.45) is 0.120. The first-order chi connectivity index (χ1) is 13.4. The minimum atomic E-state index is -0.629. The van der Waals surface area contributed by atoms with Crippen LogP contribution in [0.3, 0.4) is 0 Å². The first-order valence-electron chi connectivity index (χ1n) is 8.79. The van der Waals surface area contributed by atoms with E-state index in [2.05, 4.69) is 0 Å². The van der Waals surface area contributed by atoms with Gasteiger partial charge in [0, 0.05) is 24.7 Å². The Labute approximate surface area is 161 Å². The van der Waals surface area contributed by atoms with Crippen LogP contribution < -0.4 is 9.64 Å². The smallest absolute Gasteiger partial charge is 0.311 e. The van der Waals surface area contributed by atoms with Gasteiger partial charge >= 0.3 is 5.97 Å². The van der Waals surface area contributed by atoms with Gasteiger partial charge in [-0.3, -0.25) is 14.4 Å². The highest BCUT2D eigenvalue weighted by Gasteiger charge is 2.35. The van der Waals surface area contributed by atoms with Crippen molar-refractivity contribution < 1.29 is 28.2 Å². The summed E-state index contributed by atoms with van der Waals surface area (Å²) in [7, 11) is 1.30. The summed E-state index contributed by atoms with van der Waals surface area (Å²) in [5.74, 6) is -1.69. The van der Waals surface area contributed by atoms with Gasteiger partial charge in [0.25, 0.3) is 0 Å². The number of hydrogen-bond donors (Lipinski definition) is 0. The third kappa shape index (κ3) is 4.19. The molecule has 0 aromatic heterocycles. The number of hydrogen-bond acceptors (Lipinski definition) is 5. The molecule has 146 valence electrons. The van der Waals surface area contributed by atoms with Gasteiger partial charge in [-0.25, -0.2) is 4.39 Å². The highest BCUT2D eigenvalue weighted by atomic mass is 19.1. The number of esters is 1. The van der Waals surface area contributed by atoms with Gasteiger partial charge in [-0.15, -0.1) is 0 Å². The molecule has 1 aliphatic rings. The Bertz CT molecular complexity index is 927. The molecule has 0 bridgehead atoms. The first kappa shape index (κ1) is 19.5. The number of amides is 1. The molecule has 0 saturated carbocycles. The van der Waals surface area contributed by atoms with Crippen LogP contribution in [0.4, 0.5) is 10.1 Å². The molecule has 0 N–H and O–H groups in total. The van der Waals surface area contributed by atoms with Crippen molar-refractivity contribution in [3.63, 3.8) is 0 Å². The van der Waals surface area contributed by atoms with Crippen LogP contribution in [-0.4, -0.2) is 31.3 Å². The lowest BCUT2D eigenvalue weighted by molar-refractivity contribution is -0.145. The van der Waals surface area contributed by atoms with Crippen LogP contribution in [0.5, 0.6) is 5.75 Å². The summed E-state index contributed by atoms with van der Waals surface area (Å²) in [5, 5.41) is 0. The fraction of sp³-hybridized carbons (Fsp3) is 0.286. The van der Waals surface area contributed by atoms with E-state index in [1.165, 1.54) is 32.2 Å². The molecule has 1 amide bonds. The van der Waals surface area contributed by atoms with Crippen LogP contribution in [-0.2, 0) is 20.9 Å². The van der Waals surface area contributed by atoms with Gasteiger partial charge in [0.15, 0.2) is 5.78 Å². The molecule has 0 aliphatic carbocycles. The third-order valence-electron chi connectivity index (χ3n) is 4.61. The zero-order valence-corrected chi connectivity index (χ0v) is 15.6. The second kappa shape index (κ2) is 8.21. The predicted molar refractivity (Wildman–Crippen MR) is 99.7 cm³/mol. The van der Waals surface area contributed by atoms with E-state index in [0.717, 1.165) is 5.56 Å². The quantitative estimate of drug-likeness (QED) is 0.564. The summed E-state index contributed by atoms with van der Waals surface area (Å²) in [6, 6.07) is 11.3. The lowest BCUT2D eigenvalue weighted by Crippen LogP contribution is -2.26. The fourth-order valence-corrected chi connectivity index (χ4v) is 3.13. The van der Waals surface area contributed by atoms with E-state index < -0.39 is 17.7 Å². The van der Waals surface area contributed by atoms with Crippen LogP contribution in [0, 0.1) is 11.7 Å². The minimum Gasteiger partial charge on any atom is -0.489 e. The second-order valence-corrected chi connectivity index (χ2v) is 6.58. The van der Waals surface area contributed by atoms with E-state index >= 15 is 0 Å². The molecular weight excluding hydrogens is 365 g/mol. The number of carbonyl (C=O) groups is 3. The average Bonchev–Trinajstić information content (AvgIpc) is 3.07. The molecule has 2 aromatic rings. The topological polar surface area (TPSA) is 72.9 Å². The Morgan fingerprint density at radius 3 is 2.68 bits per heavy atom. The predicted octanol–water partition coefficient (Wildman–Crippen LogP) is 3.13. The van der Waals surface area contributed by atoms with Crippen molar-refractivity contribution in [1.29, 1.82) is 0 Å². The fourth-order valence-electron chi connectivity index (χ4n) is 3.13. The van der Waals surface area contributed by atoms with E-state index in [4.69, 9.17) is 9.47 Å². The van der Waals surface area contributed by atoms with Crippen molar-refractivity contribution in [2.45, 2.75) is 20.0 Å². The molecule has 0 spiro atoms. The molecule has 1 atom stereocenters. The summed E-state index contributed by atoms with van der Waals surface area (Å²) >= 11 is 0. The number of methoxy groups -OCH3 is 1. The zero-order valence-electron chi connectivity index (χ0n) is 15.6. The van der Waals surface area contributed by atoms with Crippen LogP contribution in [0.15, 0.2) is 42.5 Å².